The molecule has 0 bridgehead atoms. The standard InChI is InChI=1S/C38H38F2N6O4S/c1-5-32(48)45-11-12-46-30(22(45)2)19-29(42-46)37-35(34-28(40)17-26(39)18-31(34)50-14-13-47)38-27(9-15-51-38)36(41-37)24-7-6-23-8-10-44(20-25(23)16-24)21-33(49)43(3)4/h5-7,9,15-19,22,47H,1,8,10-14,20-21H2,2-4H3/t22-/m1/s1. The van der Waals surface area contributed by atoms with E-state index in [1.807, 2.05) is 35.2 Å². The van der Waals surface area contributed by atoms with Gasteiger partial charge in [0, 0.05) is 67.1 Å². The molecule has 2 aliphatic heterocycles. The number of rotatable bonds is 9. The Balaban J connectivity index is 1.43. The molecular formula is C38H38F2N6O4S. The van der Waals surface area contributed by atoms with E-state index in [0.29, 0.717) is 53.5 Å². The lowest BCUT2D eigenvalue weighted by Gasteiger charge is -2.33. The fourth-order valence-corrected chi connectivity index (χ4v) is 7.94. The number of halogens is 2. The Morgan fingerprint density at radius 1 is 1.08 bits per heavy atom. The smallest absolute Gasteiger partial charge is 0.246 e. The summed E-state index contributed by atoms with van der Waals surface area (Å²) in [7, 11) is 3.51. The van der Waals surface area contributed by atoms with Gasteiger partial charge in [-0.05, 0) is 54.1 Å². The molecule has 1 N–H and O–H groups in total. The molecule has 0 fully saturated rings. The molecule has 0 saturated heterocycles. The highest BCUT2D eigenvalue weighted by atomic mass is 32.1. The third-order valence-electron chi connectivity index (χ3n) is 9.61. The molecule has 2 aliphatic rings. The Hall–Kier alpha value is -4.98. The zero-order valence-corrected chi connectivity index (χ0v) is 29.5. The average molecular weight is 713 g/mol. The highest BCUT2D eigenvalue weighted by Crippen LogP contribution is 2.47. The summed E-state index contributed by atoms with van der Waals surface area (Å²) < 4.78 is 39.0. The minimum absolute atomic E-state index is 0.0143. The van der Waals surface area contributed by atoms with Crippen molar-refractivity contribution in [1.29, 1.82) is 0 Å². The maximum absolute atomic E-state index is 16.1. The van der Waals surface area contributed by atoms with Crippen LogP contribution in [-0.4, -0.2) is 93.3 Å². The van der Waals surface area contributed by atoms with Crippen LogP contribution in [-0.2, 0) is 29.1 Å². The van der Waals surface area contributed by atoms with Gasteiger partial charge in [0.05, 0.1) is 42.7 Å². The van der Waals surface area contributed by atoms with Crippen molar-refractivity contribution >= 4 is 33.2 Å². The minimum Gasteiger partial charge on any atom is -0.490 e. The first-order valence-corrected chi connectivity index (χ1v) is 17.7. The van der Waals surface area contributed by atoms with E-state index >= 15 is 4.39 Å². The number of aliphatic hydroxyl groups is 1. The number of fused-ring (bicyclic) bond motifs is 3. The second-order valence-corrected chi connectivity index (χ2v) is 13.9. The molecule has 5 heterocycles. The van der Waals surface area contributed by atoms with Crippen molar-refractivity contribution in [2.75, 3.05) is 46.9 Å². The van der Waals surface area contributed by atoms with Crippen LogP contribution in [0.3, 0.4) is 0 Å². The van der Waals surface area contributed by atoms with E-state index in [0.717, 1.165) is 47.3 Å². The zero-order chi connectivity index (χ0) is 36.0. The van der Waals surface area contributed by atoms with Crippen LogP contribution in [0.15, 0.2) is 60.5 Å². The van der Waals surface area contributed by atoms with Gasteiger partial charge < -0.3 is 19.6 Å². The van der Waals surface area contributed by atoms with Crippen molar-refractivity contribution in [3.05, 3.63) is 89.0 Å². The lowest BCUT2D eigenvalue weighted by Crippen LogP contribution is -2.40. The average Bonchev–Trinajstić information content (AvgIpc) is 3.78. The zero-order valence-electron chi connectivity index (χ0n) is 28.7. The summed E-state index contributed by atoms with van der Waals surface area (Å²) in [5, 5.41) is 17.2. The van der Waals surface area contributed by atoms with Crippen molar-refractivity contribution in [3.63, 3.8) is 0 Å². The summed E-state index contributed by atoms with van der Waals surface area (Å²) in [5.74, 6) is -1.86. The second-order valence-electron chi connectivity index (χ2n) is 13.0. The predicted octanol–water partition coefficient (Wildman–Crippen LogP) is 5.68. The molecule has 13 heteroatoms. The van der Waals surface area contributed by atoms with Gasteiger partial charge in [-0.2, -0.15) is 5.10 Å². The van der Waals surface area contributed by atoms with Crippen LogP contribution in [0, 0.1) is 11.6 Å². The van der Waals surface area contributed by atoms with E-state index in [2.05, 4.69) is 23.6 Å². The molecule has 264 valence electrons. The number of aliphatic hydroxyl groups excluding tert-OH is 1. The van der Waals surface area contributed by atoms with E-state index < -0.39 is 11.6 Å². The summed E-state index contributed by atoms with van der Waals surface area (Å²) >= 11 is 1.40. The topological polar surface area (TPSA) is 104 Å². The summed E-state index contributed by atoms with van der Waals surface area (Å²) in [4.78, 5) is 35.9. The molecule has 5 aromatic rings. The predicted molar refractivity (Wildman–Crippen MR) is 192 cm³/mol. The number of hydrogen-bond acceptors (Lipinski definition) is 8. The maximum Gasteiger partial charge on any atom is 0.246 e. The molecular weight excluding hydrogens is 675 g/mol. The van der Waals surface area contributed by atoms with E-state index in [9.17, 15) is 19.1 Å². The normalized spacial score (nSPS) is 15.8. The maximum atomic E-state index is 16.1. The summed E-state index contributed by atoms with van der Waals surface area (Å²) in [6.07, 6.45) is 2.11. The van der Waals surface area contributed by atoms with E-state index in [1.165, 1.54) is 23.0 Å². The first-order chi connectivity index (χ1) is 24.6. The van der Waals surface area contributed by atoms with Gasteiger partial charge in [-0.15, -0.1) is 11.3 Å². The third kappa shape index (κ3) is 6.41. The van der Waals surface area contributed by atoms with Gasteiger partial charge in [-0.3, -0.25) is 19.2 Å². The number of pyridine rings is 1. The first kappa shape index (κ1) is 34.5. The van der Waals surface area contributed by atoms with Crippen molar-refractivity contribution < 1.29 is 28.2 Å². The number of benzene rings is 2. The number of carbonyl (C=O) groups is 2. The Labute approximate surface area is 298 Å². The number of ether oxygens (including phenoxy) is 1. The van der Waals surface area contributed by atoms with Crippen LogP contribution < -0.4 is 4.74 Å². The molecule has 10 nitrogen and oxygen atoms in total. The highest BCUT2D eigenvalue weighted by Gasteiger charge is 2.32. The Bertz CT molecular complexity index is 2180. The van der Waals surface area contributed by atoms with Crippen molar-refractivity contribution in [1.82, 2.24) is 29.5 Å². The molecule has 0 aliphatic carbocycles. The van der Waals surface area contributed by atoms with E-state index in [-0.39, 0.29) is 42.4 Å². The van der Waals surface area contributed by atoms with Crippen LogP contribution in [0.2, 0.25) is 0 Å². The van der Waals surface area contributed by atoms with Crippen LogP contribution in [0.25, 0.3) is 43.9 Å². The van der Waals surface area contributed by atoms with Gasteiger partial charge in [0.2, 0.25) is 11.8 Å². The molecule has 7 rings (SSSR count). The van der Waals surface area contributed by atoms with Gasteiger partial charge in [0.25, 0.3) is 0 Å². The molecule has 0 radical (unpaired) electrons. The number of amides is 2. The SMILES string of the molecule is C=CC(=O)N1CCn2nc(-c3nc(-c4ccc5c(c4)CN(CC(=O)N(C)C)CC5)c4ccsc4c3-c3c(F)cc(F)cc3OCCO)cc2[C@H]1C. The van der Waals surface area contributed by atoms with Crippen LogP contribution in [0.5, 0.6) is 5.75 Å². The van der Waals surface area contributed by atoms with Gasteiger partial charge in [-0.25, -0.2) is 13.8 Å². The summed E-state index contributed by atoms with van der Waals surface area (Å²) in [6, 6.07) is 11.7. The van der Waals surface area contributed by atoms with Gasteiger partial charge >= 0.3 is 0 Å². The number of hydrogen-bond donors (Lipinski definition) is 1. The van der Waals surface area contributed by atoms with Crippen molar-refractivity contribution in [2.45, 2.75) is 32.5 Å². The minimum atomic E-state index is -0.838. The first-order valence-electron chi connectivity index (χ1n) is 16.8. The summed E-state index contributed by atoms with van der Waals surface area (Å²) in [5.41, 5.74) is 5.83. The fourth-order valence-electron chi connectivity index (χ4n) is 6.99. The van der Waals surface area contributed by atoms with Crippen LogP contribution in [0.1, 0.15) is 29.8 Å². The number of carbonyl (C=O) groups excluding carboxylic acids is 2. The monoisotopic (exact) mass is 712 g/mol. The molecule has 0 saturated carbocycles. The molecule has 2 aromatic carbocycles. The molecule has 51 heavy (non-hydrogen) atoms. The quantitative estimate of drug-likeness (QED) is 0.196. The lowest BCUT2D eigenvalue weighted by atomic mass is 9.93. The number of likely N-dealkylation sites (N-methyl/N-ethyl adjacent to an activating group) is 1. The van der Waals surface area contributed by atoms with E-state index in [4.69, 9.17) is 14.8 Å². The summed E-state index contributed by atoms with van der Waals surface area (Å²) in [6.45, 7) is 7.65. The number of aromatic nitrogens is 3. The molecule has 0 unspecified atom stereocenters. The molecule has 2 amide bonds. The Morgan fingerprint density at radius 3 is 2.67 bits per heavy atom. The van der Waals surface area contributed by atoms with Gasteiger partial charge in [-0.1, -0.05) is 18.7 Å². The third-order valence-corrected chi connectivity index (χ3v) is 10.5. The fraction of sp³-hybridized carbons (Fsp3) is 0.316. The van der Waals surface area contributed by atoms with Crippen LogP contribution >= 0.6 is 11.3 Å². The van der Waals surface area contributed by atoms with Crippen molar-refractivity contribution in [2.24, 2.45) is 0 Å². The highest BCUT2D eigenvalue weighted by molar-refractivity contribution is 7.18. The Kier molecular flexibility index (Phi) is 9.44. The van der Waals surface area contributed by atoms with Gasteiger partial charge in [0.1, 0.15) is 35.4 Å². The Morgan fingerprint density at radius 2 is 1.90 bits per heavy atom. The molecule has 1 atom stereocenters. The lowest BCUT2D eigenvalue weighted by molar-refractivity contribution is -0.130. The second kappa shape index (κ2) is 14.0. The molecule has 3 aromatic heterocycles. The largest absolute Gasteiger partial charge is 0.490 e. The van der Waals surface area contributed by atoms with E-state index in [1.54, 1.807) is 23.9 Å². The molecule has 0 spiro atoms. The van der Waals surface area contributed by atoms with Crippen LogP contribution in [0.4, 0.5) is 8.78 Å². The van der Waals surface area contributed by atoms with Crippen molar-refractivity contribution in [3.8, 4) is 39.5 Å². The number of thiophene rings is 1. The number of nitrogens with zero attached hydrogens (tertiary/aromatic N) is 6. The van der Waals surface area contributed by atoms with Gasteiger partial charge in [0.15, 0.2) is 0 Å².